The van der Waals surface area contributed by atoms with Crippen molar-refractivity contribution >= 4 is 23.2 Å². The van der Waals surface area contributed by atoms with Crippen LogP contribution in [0.25, 0.3) is 0 Å². The van der Waals surface area contributed by atoms with Crippen LogP contribution in [0.2, 0.25) is 0 Å². The van der Waals surface area contributed by atoms with Gasteiger partial charge in [0.15, 0.2) is 11.6 Å². The number of hydrogen-bond acceptors (Lipinski definition) is 7. The van der Waals surface area contributed by atoms with Gasteiger partial charge in [0.25, 0.3) is 0 Å². The van der Waals surface area contributed by atoms with Crippen LogP contribution in [0.3, 0.4) is 0 Å². The van der Waals surface area contributed by atoms with E-state index >= 15 is 0 Å². The number of nitrogens with zero attached hydrogens (tertiary/aromatic N) is 2. The molecule has 0 aromatic carbocycles. The number of carbonyl (C=O) groups excluding carboxylic acids is 2. The maximum atomic E-state index is 12.9. The van der Waals surface area contributed by atoms with E-state index in [4.69, 9.17) is 9.63 Å². The van der Waals surface area contributed by atoms with Crippen LogP contribution >= 0.6 is 0 Å². The van der Waals surface area contributed by atoms with Crippen LogP contribution in [-0.4, -0.2) is 45.2 Å². The molecule has 32 heavy (non-hydrogen) atoms. The van der Waals surface area contributed by atoms with Crippen molar-refractivity contribution in [1.29, 1.82) is 0 Å². The first-order valence-corrected chi connectivity index (χ1v) is 11.4. The summed E-state index contributed by atoms with van der Waals surface area (Å²) in [4.78, 5) is 40.3. The summed E-state index contributed by atoms with van der Waals surface area (Å²) in [6.07, 6.45) is 5.57. The predicted octanol–water partition coefficient (Wildman–Crippen LogP) is 4.41. The second-order valence-electron chi connectivity index (χ2n) is 9.50. The number of Topliss-reactive ketones (excluding diaryl/α,β-unsaturated/α-hetero) is 2. The Balaban J connectivity index is 1.72. The normalized spacial score (nSPS) is 21.0. The minimum absolute atomic E-state index is 0.0184. The van der Waals surface area contributed by atoms with Gasteiger partial charge in [-0.05, 0) is 31.1 Å². The van der Waals surface area contributed by atoms with Crippen molar-refractivity contribution in [2.75, 3.05) is 6.54 Å². The number of aliphatic carboxylic acids is 1. The smallest absolute Gasteiger partial charge is 0.303 e. The lowest BCUT2D eigenvalue weighted by atomic mass is 9.73. The summed E-state index contributed by atoms with van der Waals surface area (Å²) in [5.41, 5.74) is 1.75. The molecule has 0 bridgehead atoms. The van der Waals surface area contributed by atoms with Crippen molar-refractivity contribution in [2.24, 2.45) is 10.4 Å². The number of rotatable bonds is 9. The highest BCUT2D eigenvalue weighted by Crippen LogP contribution is 2.36. The number of aliphatic imine (C=N–C) groups is 1. The fourth-order valence-electron chi connectivity index (χ4n) is 4.45. The van der Waals surface area contributed by atoms with Crippen LogP contribution in [0.15, 0.2) is 20.8 Å². The molecule has 1 aromatic rings. The number of unbranched alkanes of at least 4 members (excludes halogenated alkanes) is 2. The van der Waals surface area contributed by atoms with Gasteiger partial charge >= 0.3 is 5.97 Å². The van der Waals surface area contributed by atoms with E-state index in [9.17, 15) is 19.5 Å². The number of ketones is 2. The molecule has 0 radical (unpaired) electrons. The number of fused-ring (bicyclic) bond motifs is 1. The molecule has 1 heterocycles. The van der Waals surface area contributed by atoms with Gasteiger partial charge in [-0.3, -0.25) is 19.4 Å². The summed E-state index contributed by atoms with van der Waals surface area (Å²) >= 11 is 0. The Morgan fingerprint density at radius 1 is 1.06 bits per heavy atom. The fraction of sp³-hybridized carbons (Fsp3) is 0.625. The lowest BCUT2D eigenvalue weighted by Gasteiger charge is -2.31. The Morgan fingerprint density at radius 3 is 2.59 bits per heavy atom. The molecule has 0 aliphatic heterocycles. The highest BCUT2D eigenvalue weighted by molar-refractivity contribution is 6.24. The highest BCUT2D eigenvalue weighted by Gasteiger charge is 2.36. The zero-order valence-electron chi connectivity index (χ0n) is 18.9. The first-order valence-electron chi connectivity index (χ1n) is 11.4. The van der Waals surface area contributed by atoms with E-state index in [1.54, 1.807) is 0 Å². The number of hydrogen-bond donors (Lipinski definition) is 2. The van der Waals surface area contributed by atoms with Crippen LogP contribution in [0, 0.1) is 5.41 Å². The van der Waals surface area contributed by atoms with E-state index in [0.29, 0.717) is 73.4 Å². The van der Waals surface area contributed by atoms with Crippen LogP contribution < -0.4 is 0 Å². The summed E-state index contributed by atoms with van der Waals surface area (Å²) in [7, 11) is 0. The molecule has 8 heteroatoms. The molecular weight excluding hydrogens is 412 g/mol. The molecule has 3 rings (SSSR count). The maximum absolute atomic E-state index is 12.9. The van der Waals surface area contributed by atoms with Crippen molar-refractivity contribution in [3.8, 4) is 0 Å². The van der Waals surface area contributed by atoms with Crippen LogP contribution in [0.1, 0.15) is 93.4 Å². The molecule has 1 fully saturated rings. The molecule has 0 unspecified atom stereocenters. The molecule has 1 saturated carbocycles. The zero-order chi connectivity index (χ0) is 23.3. The summed E-state index contributed by atoms with van der Waals surface area (Å²) in [6, 6.07) is 0. The lowest BCUT2D eigenvalue weighted by molar-refractivity contribution is -0.137. The van der Waals surface area contributed by atoms with E-state index in [1.807, 2.05) is 13.8 Å². The van der Waals surface area contributed by atoms with E-state index in [2.05, 4.69) is 10.1 Å². The standard InChI is InChI=1S/C24H32N2O6/c1-24(2)13-16(25-12-5-3-4-9-21(30)31)22(19(29)14-24)18(28)11-10-15-23-17(27)7-6-8-20(23)32-26-15/h28H,3-14H2,1-2H3,(H,30,31)/b22-18-,25-16?. The summed E-state index contributed by atoms with van der Waals surface area (Å²) in [5.74, 6) is -0.308. The Morgan fingerprint density at radius 2 is 1.84 bits per heavy atom. The van der Waals surface area contributed by atoms with Crippen molar-refractivity contribution in [3.63, 3.8) is 0 Å². The number of carboxylic acids is 1. The number of allylic oxidation sites excluding steroid dienone is 2. The maximum Gasteiger partial charge on any atom is 0.303 e. The number of aliphatic hydroxyl groups excluding tert-OH is 1. The van der Waals surface area contributed by atoms with E-state index in [0.717, 1.165) is 19.3 Å². The third-order valence-corrected chi connectivity index (χ3v) is 6.01. The average molecular weight is 445 g/mol. The van der Waals surface area contributed by atoms with Gasteiger partial charge in [-0.1, -0.05) is 25.4 Å². The van der Waals surface area contributed by atoms with Gasteiger partial charge in [0.1, 0.15) is 11.5 Å². The molecule has 1 aromatic heterocycles. The second kappa shape index (κ2) is 10.2. The van der Waals surface area contributed by atoms with Crippen LogP contribution in [0.5, 0.6) is 0 Å². The number of carboxylic acid groups (broad SMARTS) is 1. The molecule has 0 spiro atoms. The van der Waals surface area contributed by atoms with E-state index in [1.165, 1.54) is 0 Å². The number of aliphatic hydroxyl groups is 1. The zero-order valence-corrected chi connectivity index (χ0v) is 18.9. The van der Waals surface area contributed by atoms with Gasteiger partial charge in [-0.25, -0.2) is 0 Å². The third-order valence-electron chi connectivity index (χ3n) is 6.01. The number of aromatic nitrogens is 1. The van der Waals surface area contributed by atoms with Crippen LogP contribution in [-0.2, 0) is 22.4 Å². The lowest BCUT2D eigenvalue weighted by Crippen LogP contribution is -2.33. The van der Waals surface area contributed by atoms with Crippen LogP contribution in [0.4, 0.5) is 0 Å². The van der Waals surface area contributed by atoms with Gasteiger partial charge in [-0.2, -0.15) is 0 Å². The van der Waals surface area contributed by atoms with E-state index in [-0.39, 0.29) is 35.6 Å². The summed E-state index contributed by atoms with van der Waals surface area (Å²) in [6.45, 7) is 4.50. The minimum atomic E-state index is -0.804. The summed E-state index contributed by atoms with van der Waals surface area (Å²) in [5, 5.41) is 23.6. The number of aryl methyl sites for hydroxylation is 2. The van der Waals surface area contributed by atoms with Gasteiger partial charge in [0, 0.05) is 50.8 Å². The van der Waals surface area contributed by atoms with Gasteiger partial charge in [0.05, 0.1) is 16.8 Å². The van der Waals surface area contributed by atoms with Crippen molar-refractivity contribution < 1.29 is 29.1 Å². The quantitative estimate of drug-likeness (QED) is 0.328. The first-order chi connectivity index (χ1) is 15.2. The van der Waals surface area contributed by atoms with Gasteiger partial charge < -0.3 is 14.7 Å². The van der Waals surface area contributed by atoms with Crippen molar-refractivity contribution in [1.82, 2.24) is 5.16 Å². The molecular formula is C24H32N2O6. The van der Waals surface area contributed by atoms with Gasteiger partial charge in [0.2, 0.25) is 0 Å². The van der Waals surface area contributed by atoms with E-state index < -0.39 is 5.97 Å². The Hall–Kier alpha value is -2.77. The third kappa shape index (κ3) is 5.93. The minimum Gasteiger partial charge on any atom is -0.511 e. The topological polar surface area (TPSA) is 130 Å². The van der Waals surface area contributed by atoms with Gasteiger partial charge in [-0.15, -0.1) is 0 Å². The molecule has 0 atom stereocenters. The largest absolute Gasteiger partial charge is 0.511 e. The van der Waals surface area contributed by atoms with Crippen molar-refractivity contribution in [3.05, 3.63) is 28.3 Å². The average Bonchev–Trinajstić information content (AvgIpc) is 3.12. The number of carbonyl (C=O) groups is 3. The second-order valence-corrected chi connectivity index (χ2v) is 9.50. The van der Waals surface area contributed by atoms with Crippen molar-refractivity contribution in [2.45, 2.75) is 84.5 Å². The molecule has 0 amide bonds. The molecule has 2 aliphatic rings. The molecule has 8 nitrogen and oxygen atoms in total. The monoisotopic (exact) mass is 444 g/mol. The Bertz CT molecular complexity index is 954. The molecule has 0 saturated heterocycles. The Kier molecular flexibility index (Phi) is 7.64. The SMILES string of the molecule is CC1(C)CC(=O)/C(=C(\O)CCc2noc3c2C(=O)CCC3)C(=NCCCCCC(=O)O)C1. The summed E-state index contributed by atoms with van der Waals surface area (Å²) < 4.78 is 5.31. The highest BCUT2D eigenvalue weighted by atomic mass is 16.5. The molecule has 174 valence electrons. The molecule has 2 aliphatic carbocycles. The predicted molar refractivity (Wildman–Crippen MR) is 118 cm³/mol. The Labute approximate surface area is 187 Å². The first kappa shape index (κ1) is 23.9. The fourth-order valence-corrected chi connectivity index (χ4v) is 4.45. The molecule has 2 N–H and O–H groups in total.